The van der Waals surface area contributed by atoms with Gasteiger partial charge in [-0.1, -0.05) is 12.1 Å². The quantitative estimate of drug-likeness (QED) is 0.877. The molecule has 2 atom stereocenters. The Hall–Kier alpha value is -1.75. The second-order valence-electron chi connectivity index (χ2n) is 6.58. The molecule has 1 aliphatic rings. The molecule has 0 radical (unpaired) electrons. The molecule has 0 bridgehead atoms. The van der Waals surface area contributed by atoms with Gasteiger partial charge >= 0.3 is 6.09 Å². The predicted octanol–water partition coefficient (Wildman–Crippen LogP) is 2.30. The largest absolute Gasteiger partial charge is 0.508 e. The number of hydrogen-bond acceptors (Lipinski definition) is 4. The van der Waals surface area contributed by atoms with Gasteiger partial charge in [-0.15, -0.1) is 0 Å². The molecular formula is C16H24N2O3. The van der Waals surface area contributed by atoms with Crippen molar-refractivity contribution in [3.8, 4) is 5.75 Å². The summed E-state index contributed by atoms with van der Waals surface area (Å²) in [6.45, 7) is 7.31. The summed E-state index contributed by atoms with van der Waals surface area (Å²) in [4.78, 5) is 13.9. The summed E-state index contributed by atoms with van der Waals surface area (Å²) < 4.78 is 5.42. The highest BCUT2D eigenvalue weighted by molar-refractivity contribution is 5.68. The molecule has 1 heterocycles. The van der Waals surface area contributed by atoms with Gasteiger partial charge in [0.1, 0.15) is 11.4 Å². The number of likely N-dealkylation sites (tertiary alicyclic amines) is 1. The Morgan fingerprint density at radius 2 is 1.95 bits per heavy atom. The van der Waals surface area contributed by atoms with Crippen LogP contribution in [0.5, 0.6) is 5.75 Å². The summed E-state index contributed by atoms with van der Waals surface area (Å²) in [6, 6.07) is 7.11. The number of amides is 1. The Labute approximate surface area is 125 Å². The zero-order chi connectivity index (χ0) is 15.6. The SMILES string of the molecule is CC(C)(C)OC(=O)N1CC(CN)C(c2ccc(O)cc2)C1. The molecule has 0 spiro atoms. The second kappa shape index (κ2) is 5.93. The molecule has 0 saturated carbocycles. The van der Waals surface area contributed by atoms with Crippen molar-refractivity contribution in [3.63, 3.8) is 0 Å². The number of benzene rings is 1. The summed E-state index contributed by atoms with van der Waals surface area (Å²) >= 11 is 0. The Morgan fingerprint density at radius 3 is 2.48 bits per heavy atom. The van der Waals surface area contributed by atoms with Crippen LogP contribution in [0.3, 0.4) is 0 Å². The van der Waals surface area contributed by atoms with Gasteiger partial charge < -0.3 is 20.5 Å². The third kappa shape index (κ3) is 3.88. The Balaban J connectivity index is 2.10. The van der Waals surface area contributed by atoms with Crippen LogP contribution in [0.25, 0.3) is 0 Å². The van der Waals surface area contributed by atoms with E-state index in [0.29, 0.717) is 19.6 Å². The molecule has 21 heavy (non-hydrogen) atoms. The van der Waals surface area contributed by atoms with Crippen molar-refractivity contribution in [3.05, 3.63) is 29.8 Å². The Kier molecular flexibility index (Phi) is 4.42. The smallest absolute Gasteiger partial charge is 0.410 e. The Bertz CT molecular complexity index is 493. The molecule has 1 amide bonds. The van der Waals surface area contributed by atoms with Gasteiger partial charge in [-0.25, -0.2) is 4.79 Å². The number of aromatic hydroxyl groups is 1. The van der Waals surface area contributed by atoms with Gasteiger partial charge in [0.2, 0.25) is 0 Å². The predicted molar refractivity (Wildman–Crippen MR) is 81.2 cm³/mol. The number of carbonyl (C=O) groups excluding carboxylic acids is 1. The van der Waals surface area contributed by atoms with Crippen LogP contribution in [0.4, 0.5) is 4.79 Å². The number of ether oxygens (including phenoxy) is 1. The fourth-order valence-electron chi connectivity index (χ4n) is 2.68. The highest BCUT2D eigenvalue weighted by Gasteiger charge is 2.37. The molecule has 5 nitrogen and oxygen atoms in total. The summed E-state index contributed by atoms with van der Waals surface area (Å²) in [5.74, 6) is 0.634. The molecule has 1 aromatic carbocycles. The van der Waals surface area contributed by atoms with Crippen LogP contribution >= 0.6 is 0 Å². The molecule has 1 fully saturated rings. The molecule has 0 aliphatic carbocycles. The van der Waals surface area contributed by atoms with Gasteiger partial charge in [0.05, 0.1) is 0 Å². The van der Waals surface area contributed by atoms with Crippen molar-refractivity contribution < 1.29 is 14.6 Å². The number of nitrogens with two attached hydrogens (primary N) is 1. The van der Waals surface area contributed by atoms with Crippen LogP contribution in [-0.4, -0.2) is 41.3 Å². The van der Waals surface area contributed by atoms with Gasteiger partial charge in [-0.3, -0.25) is 0 Å². The zero-order valence-corrected chi connectivity index (χ0v) is 12.9. The minimum absolute atomic E-state index is 0.183. The number of rotatable bonds is 2. The maximum Gasteiger partial charge on any atom is 0.410 e. The van der Waals surface area contributed by atoms with E-state index in [1.54, 1.807) is 17.0 Å². The van der Waals surface area contributed by atoms with E-state index in [9.17, 15) is 9.90 Å². The number of hydrogen-bond donors (Lipinski definition) is 2. The summed E-state index contributed by atoms with van der Waals surface area (Å²) in [6.07, 6.45) is -0.290. The van der Waals surface area contributed by atoms with E-state index in [2.05, 4.69) is 0 Å². The van der Waals surface area contributed by atoms with Gasteiger partial charge in [0.15, 0.2) is 0 Å². The highest BCUT2D eigenvalue weighted by Crippen LogP contribution is 2.33. The lowest BCUT2D eigenvalue weighted by atomic mass is 9.89. The van der Waals surface area contributed by atoms with E-state index in [4.69, 9.17) is 10.5 Å². The minimum Gasteiger partial charge on any atom is -0.508 e. The topological polar surface area (TPSA) is 75.8 Å². The maximum atomic E-state index is 12.2. The normalized spacial score (nSPS) is 22.4. The second-order valence-corrected chi connectivity index (χ2v) is 6.58. The van der Waals surface area contributed by atoms with Crippen molar-refractivity contribution in [1.82, 2.24) is 4.90 Å². The Morgan fingerprint density at radius 1 is 1.33 bits per heavy atom. The average Bonchev–Trinajstić information content (AvgIpc) is 2.82. The lowest BCUT2D eigenvalue weighted by Crippen LogP contribution is -2.35. The first-order chi connectivity index (χ1) is 9.80. The fraction of sp³-hybridized carbons (Fsp3) is 0.562. The van der Waals surface area contributed by atoms with Crippen molar-refractivity contribution in [2.24, 2.45) is 11.7 Å². The van der Waals surface area contributed by atoms with E-state index >= 15 is 0 Å². The molecule has 3 N–H and O–H groups in total. The molecule has 1 saturated heterocycles. The minimum atomic E-state index is -0.494. The lowest BCUT2D eigenvalue weighted by Gasteiger charge is -2.24. The van der Waals surface area contributed by atoms with Gasteiger partial charge in [-0.05, 0) is 50.9 Å². The molecule has 1 aliphatic heterocycles. The number of nitrogens with zero attached hydrogens (tertiary/aromatic N) is 1. The number of phenols is 1. The van der Waals surface area contributed by atoms with Gasteiger partial charge in [0.25, 0.3) is 0 Å². The third-order valence-electron chi connectivity index (χ3n) is 3.72. The maximum absolute atomic E-state index is 12.2. The molecule has 0 aromatic heterocycles. The first-order valence-electron chi connectivity index (χ1n) is 7.27. The van der Waals surface area contributed by atoms with Crippen molar-refractivity contribution in [2.75, 3.05) is 19.6 Å². The van der Waals surface area contributed by atoms with Crippen LogP contribution in [0.15, 0.2) is 24.3 Å². The van der Waals surface area contributed by atoms with Gasteiger partial charge in [0, 0.05) is 19.0 Å². The van der Waals surface area contributed by atoms with E-state index in [0.717, 1.165) is 5.56 Å². The summed E-state index contributed by atoms with van der Waals surface area (Å²) in [5, 5.41) is 9.38. The van der Waals surface area contributed by atoms with Crippen LogP contribution in [0.1, 0.15) is 32.3 Å². The van der Waals surface area contributed by atoms with Gasteiger partial charge in [-0.2, -0.15) is 0 Å². The average molecular weight is 292 g/mol. The molecule has 2 rings (SSSR count). The first kappa shape index (κ1) is 15.6. The monoisotopic (exact) mass is 292 g/mol. The molecule has 1 aromatic rings. The van der Waals surface area contributed by atoms with Crippen LogP contribution in [-0.2, 0) is 4.74 Å². The highest BCUT2D eigenvalue weighted by atomic mass is 16.6. The molecular weight excluding hydrogens is 268 g/mol. The summed E-state index contributed by atoms with van der Waals surface area (Å²) in [5.41, 5.74) is 6.45. The van der Waals surface area contributed by atoms with Crippen LogP contribution < -0.4 is 5.73 Å². The number of carbonyl (C=O) groups is 1. The van der Waals surface area contributed by atoms with Crippen LogP contribution in [0.2, 0.25) is 0 Å². The van der Waals surface area contributed by atoms with Crippen molar-refractivity contribution >= 4 is 6.09 Å². The van der Waals surface area contributed by atoms with E-state index < -0.39 is 5.60 Å². The van der Waals surface area contributed by atoms with E-state index in [1.807, 2.05) is 32.9 Å². The summed E-state index contributed by atoms with van der Waals surface area (Å²) in [7, 11) is 0. The van der Waals surface area contributed by atoms with Crippen molar-refractivity contribution in [2.45, 2.75) is 32.3 Å². The van der Waals surface area contributed by atoms with E-state index in [1.165, 1.54) is 0 Å². The van der Waals surface area contributed by atoms with Crippen LogP contribution in [0, 0.1) is 5.92 Å². The lowest BCUT2D eigenvalue weighted by molar-refractivity contribution is 0.0287. The zero-order valence-electron chi connectivity index (χ0n) is 12.9. The third-order valence-corrected chi connectivity index (χ3v) is 3.72. The van der Waals surface area contributed by atoms with Crippen molar-refractivity contribution in [1.29, 1.82) is 0 Å². The molecule has 5 heteroatoms. The molecule has 116 valence electrons. The first-order valence-corrected chi connectivity index (χ1v) is 7.27. The van der Waals surface area contributed by atoms with E-state index in [-0.39, 0.29) is 23.7 Å². The number of phenolic OH excluding ortho intramolecular Hbond substituents is 1. The standard InChI is InChI=1S/C16H24N2O3/c1-16(2,3)21-15(20)18-9-12(8-17)14(10-18)11-4-6-13(19)7-5-11/h4-7,12,14,19H,8-10,17H2,1-3H3. The molecule has 2 unspecified atom stereocenters. The fourth-order valence-corrected chi connectivity index (χ4v) is 2.68.